The molecule has 0 saturated carbocycles. The van der Waals surface area contributed by atoms with E-state index in [0.29, 0.717) is 0 Å². The Kier molecular flexibility index (Phi) is 3.86. The summed E-state index contributed by atoms with van der Waals surface area (Å²) in [6.07, 6.45) is 3.87. The van der Waals surface area contributed by atoms with Gasteiger partial charge in [-0.25, -0.2) is 0 Å². The summed E-state index contributed by atoms with van der Waals surface area (Å²) in [5.74, 6) is 0. The van der Waals surface area contributed by atoms with E-state index in [1.165, 1.54) is 0 Å². The van der Waals surface area contributed by atoms with Crippen LogP contribution in [0, 0.1) is 6.92 Å². The smallest absolute Gasteiger partial charge is 0.198 e. The fraction of sp³-hybridized carbons (Fsp3) is 0.636. The summed E-state index contributed by atoms with van der Waals surface area (Å²) < 4.78 is 3.62. The average Bonchev–Trinajstić information content (AvgIpc) is 2.17. The molecule has 0 fully saturated rings. The minimum Gasteiger partial charge on any atom is -0.198 e. The molecule has 1 heterocycles. The number of rotatable bonds is 4. The van der Waals surface area contributed by atoms with Gasteiger partial charge in [-0.2, -0.15) is 13.9 Å². The molecule has 0 saturated heterocycles. The zero-order valence-corrected chi connectivity index (χ0v) is 9.29. The molecule has 14 heavy (non-hydrogen) atoms. The Morgan fingerprint density at radius 1 is 1.36 bits per heavy atom. The third-order valence-corrected chi connectivity index (χ3v) is 2.31. The van der Waals surface area contributed by atoms with Crippen LogP contribution in [0.4, 0.5) is 0 Å². The van der Waals surface area contributed by atoms with Gasteiger partial charge in [0.25, 0.3) is 0 Å². The summed E-state index contributed by atoms with van der Waals surface area (Å²) in [6, 6.07) is 2.01. The lowest BCUT2D eigenvalue weighted by Crippen LogP contribution is -2.54. The van der Waals surface area contributed by atoms with E-state index >= 15 is 0 Å². The molecular weight excluding hydrogens is 176 g/mol. The first-order chi connectivity index (χ1) is 6.70. The van der Waals surface area contributed by atoms with Gasteiger partial charge in [0.05, 0.1) is 19.3 Å². The van der Waals surface area contributed by atoms with Crippen molar-refractivity contribution in [1.29, 1.82) is 0 Å². The first-order valence-corrected chi connectivity index (χ1v) is 5.30. The molecule has 3 nitrogen and oxygen atoms in total. The van der Waals surface area contributed by atoms with Gasteiger partial charge >= 0.3 is 5.69 Å². The summed E-state index contributed by atoms with van der Waals surface area (Å²) in [5, 5.41) is 0. The Hall–Kier alpha value is -1.12. The second-order valence-electron chi connectivity index (χ2n) is 3.58. The van der Waals surface area contributed by atoms with Gasteiger partial charge in [0.1, 0.15) is 5.69 Å². The van der Waals surface area contributed by atoms with Crippen LogP contribution in [-0.2, 0) is 13.1 Å². The molecule has 0 aliphatic rings. The molecule has 0 N–H and O–H groups in total. The zero-order chi connectivity index (χ0) is 10.6. The monoisotopic (exact) mass is 195 g/mol. The predicted octanol–water partition coefficient (Wildman–Crippen LogP) is 1.26. The van der Waals surface area contributed by atoms with Crippen molar-refractivity contribution in [3.8, 4) is 0 Å². The molecule has 0 amide bonds. The van der Waals surface area contributed by atoms with Crippen LogP contribution in [0.5, 0.6) is 0 Å². The highest BCUT2D eigenvalue weighted by Crippen LogP contribution is 1.92. The fourth-order valence-electron chi connectivity index (χ4n) is 1.56. The topological polar surface area (TPSA) is 25.9 Å². The number of aryl methyl sites for hydroxylation is 2. The Morgan fingerprint density at radius 3 is 2.64 bits per heavy atom. The molecular formula is C11H19N2O+. The van der Waals surface area contributed by atoms with Crippen molar-refractivity contribution in [2.24, 2.45) is 0 Å². The zero-order valence-electron chi connectivity index (χ0n) is 9.29. The van der Waals surface area contributed by atoms with E-state index in [-0.39, 0.29) is 5.69 Å². The van der Waals surface area contributed by atoms with Crippen LogP contribution in [0.15, 0.2) is 17.1 Å². The van der Waals surface area contributed by atoms with Crippen molar-refractivity contribution in [2.45, 2.75) is 46.7 Å². The van der Waals surface area contributed by atoms with E-state index in [0.717, 1.165) is 31.6 Å². The van der Waals surface area contributed by atoms with Gasteiger partial charge in [0.15, 0.2) is 0 Å². The van der Waals surface area contributed by atoms with Crippen molar-refractivity contribution >= 4 is 0 Å². The molecule has 0 radical (unpaired) electrons. The minimum atomic E-state index is 0.119. The molecule has 1 aromatic rings. The molecule has 0 aliphatic heterocycles. The van der Waals surface area contributed by atoms with Crippen molar-refractivity contribution < 1.29 is 4.57 Å². The molecule has 0 bridgehead atoms. The van der Waals surface area contributed by atoms with Gasteiger partial charge in [-0.05, 0) is 19.8 Å². The number of hydrogen-bond acceptors (Lipinski definition) is 1. The Labute approximate surface area is 85.0 Å². The van der Waals surface area contributed by atoms with Gasteiger partial charge in [0.2, 0.25) is 0 Å². The Balaban J connectivity index is 3.12. The van der Waals surface area contributed by atoms with Gasteiger partial charge < -0.3 is 0 Å². The second-order valence-corrected chi connectivity index (χ2v) is 3.58. The molecule has 0 aliphatic carbocycles. The van der Waals surface area contributed by atoms with E-state index in [2.05, 4.69) is 13.8 Å². The van der Waals surface area contributed by atoms with Crippen molar-refractivity contribution in [2.75, 3.05) is 0 Å². The van der Waals surface area contributed by atoms with Crippen LogP contribution in [0.2, 0.25) is 0 Å². The molecule has 1 rings (SSSR count). The predicted molar refractivity (Wildman–Crippen MR) is 56.2 cm³/mol. The van der Waals surface area contributed by atoms with Gasteiger partial charge in [-0.15, -0.1) is 0 Å². The largest absolute Gasteiger partial charge is 0.498 e. The third kappa shape index (κ3) is 2.22. The molecule has 78 valence electrons. The highest BCUT2D eigenvalue weighted by atomic mass is 16.1. The third-order valence-electron chi connectivity index (χ3n) is 2.31. The molecule has 1 aromatic heterocycles. The van der Waals surface area contributed by atoms with E-state index < -0.39 is 0 Å². The lowest BCUT2D eigenvalue weighted by atomic mass is 10.4. The summed E-state index contributed by atoms with van der Waals surface area (Å²) in [5.41, 5.74) is 1.16. The number of hydrogen-bond donors (Lipinski definition) is 0. The molecule has 0 unspecified atom stereocenters. The van der Waals surface area contributed by atoms with Gasteiger partial charge in [0, 0.05) is 6.07 Å². The number of aromatic nitrogens is 2. The quantitative estimate of drug-likeness (QED) is 0.664. The van der Waals surface area contributed by atoms with Crippen molar-refractivity contribution in [1.82, 2.24) is 4.57 Å². The Morgan fingerprint density at radius 2 is 2.07 bits per heavy atom. The standard InChI is InChI=1S/C11H19N2O/c1-4-7-12-9-6-10(3)13(8-5-2)11(12)14/h6,9H,4-5,7-8H2,1-3H3/q+1. The highest BCUT2D eigenvalue weighted by molar-refractivity contribution is 4.94. The Bertz CT molecular complexity index is 355. The number of nitrogens with zero attached hydrogens (tertiary/aromatic N) is 2. The lowest BCUT2D eigenvalue weighted by Gasteiger charge is -2.03. The van der Waals surface area contributed by atoms with Crippen LogP contribution in [0.1, 0.15) is 32.4 Å². The maximum absolute atomic E-state index is 11.9. The van der Waals surface area contributed by atoms with Crippen LogP contribution in [0.25, 0.3) is 0 Å². The normalized spacial score (nSPS) is 10.5. The molecule has 0 spiro atoms. The van der Waals surface area contributed by atoms with Crippen LogP contribution < -0.4 is 10.3 Å². The van der Waals surface area contributed by atoms with E-state index in [4.69, 9.17) is 0 Å². The molecule has 0 atom stereocenters. The van der Waals surface area contributed by atoms with Gasteiger partial charge in [-0.3, -0.25) is 0 Å². The van der Waals surface area contributed by atoms with Crippen LogP contribution in [-0.4, -0.2) is 4.57 Å². The maximum Gasteiger partial charge on any atom is 0.498 e. The van der Waals surface area contributed by atoms with Gasteiger partial charge in [-0.1, -0.05) is 13.8 Å². The van der Waals surface area contributed by atoms with Crippen molar-refractivity contribution in [3.63, 3.8) is 0 Å². The van der Waals surface area contributed by atoms with E-state index in [9.17, 15) is 4.79 Å². The van der Waals surface area contributed by atoms with E-state index in [1.54, 1.807) is 4.57 Å². The SMILES string of the molecule is CCCn1c(C)cc[n+](CCC)c1=O. The first-order valence-electron chi connectivity index (χ1n) is 5.30. The average molecular weight is 195 g/mol. The van der Waals surface area contributed by atoms with Crippen LogP contribution >= 0.6 is 0 Å². The second kappa shape index (κ2) is 4.94. The van der Waals surface area contributed by atoms with Crippen molar-refractivity contribution in [3.05, 3.63) is 28.4 Å². The first kappa shape index (κ1) is 11.0. The summed E-state index contributed by atoms with van der Waals surface area (Å²) >= 11 is 0. The maximum atomic E-state index is 11.9. The summed E-state index contributed by atoms with van der Waals surface area (Å²) in [7, 11) is 0. The fourth-order valence-corrected chi connectivity index (χ4v) is 1.56. The van der Waals surface area contributed by atoms with E-state index in [1.807, 2.05) is 23.8 Å². The minimum absolute atomic E-state index is 0.119. The highest BCUT2D eigenvalue weighted by Gasteiger charge is 2.11. The summed E-state index contributed by atoms with van der Waals surface area (Å²) in [6.45, 7) is 7.77. The summed E-state index contributed by atoms with van der Waals surface area (Å²) in [4.78, 5) is 11.9. The lowest BCUT2D eigenvalue weighted by molar-refractivity contribution is -0.715. The molecule has 3 heteroatoms. The van der Waals surface area contributed by atoms with Crippen LogP contribution in [0.3, 0.4) is 0 Å². The molecule has 0 aromatic carbocycles.